The molecule has 0 saturated carbocycles. The second-order valence-corrected chi connectivity index (χ2v) is 13.2. The standard InChI is InChI=1S/C25H34IN5O2/c1-17(24(32)29-16-18-9-11-20(12-10-18)23(27)28)30-25(33)22-15-21(13-14-26-31(22,2)3)19-7-5-4-6-8-19/h4-12,17,21-22H,13-16H2,1-3H3,(H3,27,28)(H,29,32)(H,30,33)/t17-,21-,22+/m0/s1. The molecule has 3 rings (SSSR count). The Labute approximate surface area is 206 Å². The molecule has 7 nitrogen and oxygen atoms in total. The van der Waals surface area contributed by atoms with E-state index in [4.69, 9.17) is 11.1 Å². The summed E-state index contributed by atoms with van der Waals surface area (Å²) in [5.41, 5.74) is 8.32. The number of nitrogen functional groups attached to an aromatic ring is 1. The van der Waals surface area contributed by atoms with E-state index in [1.165, 1.54) is 9.99 Å². The molecule has 1 saturated heterocycles. The van der Waals surface area contributed by atoms with Gasteiger partial charge in [-0.1, -0.05) is 0 Å². The van der Waals surface area contributed by atoms with Crippen LogP contribution in [0.1, 0.15) is 42.4 Å². The van der Waals surface area contributed by atoms with E-state index in [1.807, 2.05) is 18.2 Å². The van der Waals surface area contributed by atoms with E-state index in [1.54, 1.807) is 19.1 Å². The van der Waals surface area contributed by atoms with Crippen LogP contribution < -0.4 is 37.8 Å². The molecule has 0 unspecified atom stereocenters. The van der Waals surface area contributed by atoms with Crippen LogP contribution in [0.3, 0.4) is 0 Å². The molecule has 2 aromatic carbocycles. The van der Waals surface area contributed by atoms with Gasteiger partial charge in [0, 0.05) is 0 Å². The molecule has 8 heteroatoms. The van der Waals surface area contributed by atoms with Crippen molar-refractivity contribution in [2.75, 3.05) is 18.5 Å². The first kappa shape index (κ1) is 25.2. The molecule has 0 aromatic heterocycles. The summed E-state index contributed by atoms with van der Waals surface area (Å²) in [4.78, 5) is 26.0. The number of nitrogens with two attached hydrogens (primary N) is 1. The second-order valence-electron chi connectivity index (χ2n) is 8.91. The molecule has 2 aromatic rings. The third-order valence-corrected chi connectivity index (χ3v) is 9.69. The van der Waals surface area contributed by atoms with Crippen molar-refractivity contribution in [1.82, 2.24) is 10.6 Å². The summed E-state index contributed by atoms with van der Waals surface area (Å²) in [5, 5.41) is 13.3. The summed E-state index contributed by atoms with van der Waals surface area (Å²) in [6, 6.07) is 16.8. The number of likely N-dealkylation sites (N-methyl/N-ethyl adjacent to an activating group) is 1. The Balaban J connectivity index is 1.60. The predicted molar refractivity (Wildman–Crippen MR) is 126 cm³/mol. The maximum absolute atomic E-state index is 13.3. The zero-order valence-corrected chi connectivity index (χ0v) is 21.6. The molecule has 1 fully saturated rings. The second kappa shape index (κ2) is 11.1. The number of carbonyl (C=O) groups excluding carboxylic acids is 2. The molecule has 1 aliphatic heterocycles. The number of carbonyl (C=O) groups is 2. The normalized spacial score (nSPS) is 21.1. The van der Waals surface area contributed by atoms with Gasteiger partial charge < -0.3 is 5.73 Å². The third-order valence-electron chi connectivity index (χ3n) is 6.16. The number of hydrogen-bond acceptors (Lipinski definition) is 3. The minimum atomic E-state index is -0.620. The molecular formula is C25H34IN5O2. The molecule has 1 aliphatic rings. The van der Waals surface area contributed by atoms with Crippen LogP contribution in [0.25, 0.3) is 0 Å². The minimum absolute atomic E-state index is 0.0127. The van der Waals surface area contributed by atoms with Crippen LogP contribution in [-0.4, -0.2) is 51.0 Å². The molecule has 5 N–H and O–H groups in total. The molecule has 0 spiro atoms. The number of hydrogen-bond donors (Lipinski definition) is 4. The molecule has 178 valence electrons. The van der Waals surface area contributed by atoms with Gasteiger partial charge in [-0.2, -0.15) is 0 Å². The van der Waals surface area contributed by atoms with Crippen LogP contribution in [-0.2, 0) is 16.1 Å². The number of nitrogens with one attached hydrogen (secondary N) is 3. The van der Waals surface area contributed by atoms with Crippen LogP contribution in [0.15, 0.2) is 54.6 Å². The van der Waals surface area contributed by atoms with E-state index in [0.29, 0.717) is 18.0 Å². The number of benzene rings is 2. The average molecular weight is 563 g/mol. The Bertz CT molecular complexity index is 978. The van der Waals surface area contributed by atoms with Gasteiger partial charge in [0.15, 0.2) is 0 Å². The topological polar surface area (TPSA) is 108 Å². The Hall–Kier alpha value is -2.46. The average Bonchev–Trinajstić information content (AvgIpc) is 2.96. The Morgan fingerprint density at radius 3 is 2.45 bits per heavy atom. The summed E-state index contributed by atoms with van der Waals surface area (Å²) in [6.45, 7) is 2.08. The number of quaternary nitrogens is 1. The van der Waals surface area contributed by atoms with E-state index in [9.17, 15) is 9.59 Å². The first-order chi connectivity index (χ1) is 15.7. The fraction of sp³-hybridized carbons (Fsp3) is 0.400. The molecule has 0 bridgehead atoms. The van der Waals surface area contributed by atoms with Crippen LogP contribution in [0.2, 0.25) is 0 Å². The van der Waals surface area contributed by atoms with Crippen molar-refractivity contribution in [1.29, 1.82) is 5.41 Å². The number of amides is 2. The molecular weight excluding hydrogens is 529 g/mol. The number of halogens is 1. The van der Waals surface area contributed by atoms with Crippen molar-refractivity contribution >= 4 is 17.6 Å². The molecule has 0 aliphatic carbocycles. The molecule has 33 heavy (non-hydrogen) atoms. The van der Waals surface area contributed by atoms with Crippen LogP contribution in [0.4, 0.5) is 0 Å². The van der Waals surface area contributed by atoms with Crippen molar-refractivity contribution in [3.05, 3.63) is 71.3 Å². The van der Waals surface area contributed by atoms with Gasteiger partial charge in [0.1, 0.15) is 5.84 Å². The van der Waals surface area contributed by atoms with Gasteiger partial charge in [-0.05, 0) is 0 Å². The van der Waals surface area contributed by atoms with E-state index in [2.05, 4.69) is 49.0 Å². The Morgan fingerprint density at radius 2 is 1.82 bits per heavy atom. The van der Waals surface area contributed by atoms with Gasteiger partial charge in [0.2, 0.25) is 0 Å². The fourth-order valence-corrected chi connectivity index (χ4v) is 7.28. The monoisotopic (exact) mass is 563 g/mol. The van der Waals surface area contributed by atoms with E-state index < -0.39 is 6.04 Å². The summed E-state index contributed by atoms with van der Waals surface area (Å²) in [7, 11) is 4.31. The third kappa shape index (κ3) is 6.77. The van der Waals surface area contributed by atoms with Gasteiger partial charge >= 0.3 is 190 Å². The molecule has 2 amide bonds. The summed E-state index contributed by atoms with van der Waals surface area (Å²) in [5.74, 6) is 0.116. The number of amidine groups is 1. The molecule has 0 radical (unpaired) electrons. The quantitative estimate of drug-likeness (QED) is 0.116. The predicted octanol–water partition coefficient (Wildman–Crippen LogP) is -0.882. The first-order valence-corrected chi connectivity index (χ1v) is 13.7. The Kier molecular flexibility index (Phi) is 8.47. The summed E-state index contributed by atoms with van der Waals surface area (Å²) in [6.07, 6.45) is 1.90. The van der Waals surface area contributed by atoms with E-state index in [-0.39, 0.29) is 45.2 Å². The van der Waals surface area contributed by atoms with Gasteiger partial charge in [0.05, 0.1) is 0 Å². The van der Waals surface area contributed by atoms with Crippen LogP contribution in [0.5, 0.6) is 0 Å². The van der Waals surface area contributed by atoms with E-state index >= 15 is 0 Å². The number of nitrogens with zero attached hydrogens (tertiary/aromatic N) is 1. The number of alkyl halides is 1. The fourth-order valence-electron chi connectivity index (χ4n) is 4.05. The molecule has 1 heterocycles. The summed E-state index contributed by atoms with van der Waals surface area (Å²) >= 11 is -0.187. The van der Waals surface area contributed by atoms with Crippen molar-refractivity contribution in [3.63, 3.8) is 0 Å². The zero-order chi connectivity index (χ0) is 24.0. The first-order valence-electron chi connectivity index (χ1n) is 11.2. The van der Waals surface area contributed by atoms with Crippen molar-refractivity contribution < 1.29 is 33.8 Å². The van der Waals surface area contributed by atoms with Crippen molar-refractivity contribution in [2.24, 2.45) is 5.73 Å². The van der Waals surface area contributed by atoms with Gasteiger partial charge in [-0.15, -0.1) is 0 Å². The number of rotatable bonds is 7. The summed E-state index contributed by atoms with van der Waals surface area (Å²) < 4.78 is 1.90. The Morgan fingerprint density at radius 1 is 1.15 bits per heavy atom. The maximum atomic E-state index is 13.3. The molecule has 3 atom stereocenters. The zero-order valence-electron chi connectivity index (χ0n) is 19.5. The SMILES string of the molecule is C[C@H](NC(=O)[C@H]1C[C@@H](c2ccccc2)CC[I-][N+]1(C)C)C(=O)NCc1ccc(C(=N)N)cc1. The van der Waals surface area contributed by atoms with E-state index in [0.717, 1.165) is 21.1 Å². The van der Waals surface area contributed by atoms with Crippen molar-refractivity contribution in [3.8, 4) is 0 Å². The van der Waals surface area contributed by atoms with Gasteiger partial charge in [-0.25, -0.2) is 0 Å². The van der Waals surface area contributed by atoms with Crippen LogP contribution in [0, 0.1) is 5.41 Å². The van der Waals surface area contributed by atoms with Gasteiger partial charge in [0.25, 0.3) is 0 Å². The van der Waals surface area contributed by atoms with Gasteiger partial charge in [-0.3, -0.25) is 5.41 Å². The van der Waals surface area contributed by atoms with Crippen molar-refractivity contribution in [2.45, 2.75) is 44.3 Å². The van der Waals surface area contributed by atoms with Crippen LogP contribution >= 0.6 is 0 Å².